The largest absolute Gasteiger partial charge is 0.302 e. The van der Waals surface area contributed by atoms with E-state index in [0.29, 0.717) is 12.6 Å². The van der Waals surface area contributed by atoms with Crippen molar-refractivity contribution in [2.75, 3.05) is 6.54 Å². The molecular formula is C10H18N2. The van der Waals surface area contributed by atoms with Crippen molar-refractivity contribution in [3.05, 3.63) is 0 Å². The number of nitrogens with zero attached hydrogens (tertiary/aromatic N) is 1. The van der Waals surface area contributed by atoms with Gasteiger partial charge in [-0.15, -0.1) is 0 Å². The number of nitrogens with one attached hydrogen (secondary N) is 1. The fourth-order valence-electron chi connectivity index (χ4n) is 2.04. The van der Waals surface area contributed by atoms with Gasteiger partial charge in [-0.2, -0.15) is 5.26 Å². The third kappa shape index (κ3) is 2.83. The summed E-state index contributed by atoms with van der Waals surface area (Å²) < 4.78 is 0. The van der Waals surface area contributed by atoms with Crippen LogP contribution in [0, 0.1) is 17.2 Å². The molecule has 12 heavy (non-hydrogen) atoms. The lowest BCUT2D eigenvalue weighted by molar-refractivity contribution is 0.285. The molecule has 0 heterocycles. The Morgan fingerprint density at radius 3 is 3.00 bits per heavy atom. The standard InChI is InChI=1S/C10H18N2/c1-2-9-4-3-5-10(8-9)12-7-6-11/h9-10,12H,2-5,7-8H2,1H3. The number of nitriles is 1. The summed E-state index contributed by atoms with van der Waals surface area (Å²) in [6, 6.07) is 2.75. The summed E-state index contributed by atoms with van der Waals surface area (Å²) in [5.74, 6) is 0.898. The molecule has 1 N–H and O–H groups in total. The van der Waals surface area contributed by atoms with Crippen LogP contribution in [0.2, 0.25) is 0 Å². The minimum atomic E-state index is 0.515. The minimum Gasteiger partial charge on any atom is -0.302 e. The van der Waals surface area contributed by atoms with E-state index in [0.717, 1.165) is 5.92 Å². The average Bonchev–Trinajstić information content (AvgIpc) is 2.15. The van der Waals surface area contributed by atoms with Gasteiger partial charge in [0.25, 0.3) is 0 Å². The number of rotatable bonds is 3. The van der Waals surface area contributed by atoms with Crippen molar-refractivity contribution >= 4 is 0 Å². The van der Waals surface area contributed by atoms with Crippen LogP contribution in [0.4, 0.5) is 0 Å². The third-order valence-electron chi connectivity index (χ3n) is 2.83. The maximum atomic E-state index is 8.41. The molecule has 0 aliphatic heterocycles. The van der Waals surface area contributed by atoms with Crippen molar-refractivity contribution in [3.8, 4) is 6.07 Å². The predicted octanol–water partition coefficient (Wildman–Crippen LogP) is 2.07. The van der Waals surface area contributed by atoms with Crippen LogP contribution in [0.5, 0.6) is 0 Å². The Labute approximate surface area is 75.0 Å². The fourth-order valence-corrected chi connectivity index (χ4v) is 2.04. The second-order valence-electron chi connectivity index (χ2n) is 3.68. The topological polar surface area (TPSA) is 35.8 Å². The van der Waals surface area contributed by atoms with E-state index in [-0.39, 0.29) is 0 Å². The summed E-state index contributed by atoms with van der Waals surface area (Å²) in [5, 5.41) is 11.7. The van der Waals surface area contributed by atoms with Gasteiger partial charge < -0.3 is 5.32 Å². The predicted molar refractivity (Wildman–Crippen MR) is 49.7 cm³/mol. The summed E-state index contributed by atoms with van der Waals surface area (Å²) in [6.07, 6.45) is 6.56. The highest BCUT2D eigenvalue weighted by atomic mass is 14.9. The molecule has 0 amide bonds. The van der Waals surface area contributed by atoms with Crippen LogP contribution in [0.15, 0.2) is 0 Å². The number of hydrogen-bond acceptors (Lipinski definition) is 2. The van der Waals surface area contributed by atoms with E-state index >= 15 is 0 Å². The van der Waals surface area contributed by atoms with Crippen LogP contribution < -0.4 is 5.32 Å². The summed E-state index contributed by atoms with van der Waals surface area (Å²) in [5.41, 5.74) is 0. The molecule has 68 valence electrons. The smallest absolute Gasteiger partial charge is 0.0843 e. The molecule has 1 rings (SSSR count). The minimum absolute atomic E-state index is 0.515. The van der Waals surface area contributed by atoms with E-state index < -0.39 is 0 Å². The van der Waals surface area contributed by atoms with Crippen molar-refractivity contribution in [1.29, 1.82) is 5.26 Å². The van der Waals surface area contributed by atoms with Gasteiger partial charge >= 0.3 is 0 Å². The van der Waals surface area contributed by atoms with E-state index in [4.69, 9.17) is 5.26 Å². The summed E-state index contributed by atoms with van der Waals surface area (Å²) in [4.78, 5) is 0. The average molecular weight is 166 g/mol. The lowest BCUT2D eigenvalue weighted by Gasteiger charge is -2.28. The van der Waals surface area contributed by atoms with Gasteiger partial charge in [-0.25, -0.2) is 0 Å². The molecule has 2 heteroatoms. The molecule has 1 fully saturated rings. The first-order valence-corrected chi connectivity index (χ1v) is 4.97. The second kappa shape index (κ2) is 5.16. The van der Waals surface area contributed by atoms with Crippen LogP contribution in [-0.2, 0) is 0 Å². The lowest BCUT2D eigenvalue weighted by atomic mass is 9.84. The van der Waals surface area contributed by atoms with Crippen LogP contribution in [-0.4, -0.2) is 12.6 Å². The van der Waals surface area contributed by atoms with Gasteiger partial charge in [-0.1, -0.05) is 26.2 Å². The molecule has 1 aliphatic carbocycles. The van der Waals surface area contributed by atoms with Crippen molar-refractivity contribution in [1.82, 2.24) is 5.32 Å². The second-order valence-corrected chi connectivity index (χ2v) is 3.68. The van der Waals surface area contributed by atoms with Crippen molar-refractivity contribution in [2.45, 2.75) is 45.1 Å². The van der Waals surface area contributed by atoms with Gasteiger partial charge in [0, 0.05) is 6.04 Å². The molecular weight excluding hydrogens is 148 g/mol. The van der Waals surface area contributed by atoms with Gasteiger partial charge in [0.2, 0.25) is 0 Å². The van der Waals surface area contributed by atoms with Gasteiger partial charge in [0.05, 0.1) is 12.6 Å². The normalized spacial score (nSPS) is 29.7. The van der Waals surface area contributed by atoms with Crippen molar-refractivity contribution < 1.29 is 0 Å². The molecule has 0 saturated heterocycles. The van der Waals surface area contributed by atoms with E-state index in [2.05, 4.69) is 18.3 Å². The molecule has 2 nitrogen and oxygen atoms in total. The van der Waals surface area contributed by atoms with E-state index in [9.17, 15) is 0 Å². The Hall–Kier alpha value is -0.550. The zero-order valence-electron chi connectivity index (χ0n) is 7.84. The van der Waals surface area contributed by atoms with E-state index in [1.54, 1.807) is 0 Å². The quantitative estimate of drug-likeness (QED) is 0.651. The maximum absolute atomic E-state index is 8.41. The summed E-state index contributed by atoms with van der Waals surface area (Å²) in [7, 11) is 0. The molecule has 2 unspecified atom stereocenters. The van der Waals surface area contributed by atoms with Crippen molar-refractivity contribution in [3.63, 3.8) is 0 Å². The maximum Gasteiger partial charge on any atom is 0.0843 e. The van der Waals surface area contributed by atoms with Crippen LogP contribution >= 0.6 is 0 Å². The first-order chi connectivity index (χ1) is 5.86. The Morgan fingerprint density at radius 1 is 1.50 bits per heavy atom. The zero-order chi connectivity index (χ0) is 8.81. The SMILES string of the molecule is CCC1CCCC(NCC#N)C1. The highest BCUT2D eigenvalue weighted by Crippen LogP contribution is 2.26. The Kier molecular flexibility index (Phi) is 4.10. The Bertz CT molecular complexity index is 160. The highest BCUT2D eigenvalue weighted by molar-refractivity contribution is 4.82. The molecule has 1 saturated carbocycles. The Morgan fingerprint density at radius 2 is 2.33 bits per heavy atom. The summed E-state index contributed by atoms with van der Waals surface area (Å²) >= 11 is 0. The molecule has 1 aliphatic rings. The van der Waals surface area contributed by atoms with Gasteiger partial charge in [0.15, 0.2) is 0 Å². The third-order valence-corrected chi connectivity index (χ3v) is 2.83. The van der Waals surface area contributed by atoms with E-state index in [1.807, 2.05) is 0 Å². The van der Waals surface area contributed by atoms with Crippen LogP contribution in [0.3, 0.4) is 0 Å². The fraction of sp³-hybridized carbons (Fsp3) is 0.900. The molecule has 0 aromatic carbocycles. The molecule has 0 aromatic heterocycles. The van der Waals surface area contributed by atoms with Gasteiger partial charge in [0.1, 0.15) is 0 Å². The number of hydrogen-bond donors (Lipinski definition) is 1. The van der Waals surface area contributed by atoms with Crippen LogP contribution in [0.25, 0.3) is 0 Å². The molecule has 2 atom stereocenters. The summed E-state index contributed by atoms with van der Waals surface area (Å²) in [6.45, 7) is 2.78. The molecule has 0 radical (unpaired) electrons. The van der Waals surface area contributed by atoms with Crippen LogP contribution in [0.1, 0.15) is 39.0 Å². The molecule has 0 spiro atoms. The lowest BCUT2D eigenvalue weighted by Crippen LogP contribution is -2.34. The van der Waals surface area contributed by atoms with Gasteiger partial charge in [-0.05, 0) is 18.8 Å². The van der Waals surface area contributed by atoms with E-state index in [1.165, 1.54) is 32.1 Å². The van der Waals surface area contributed by atoms with Gasteiger partial charge in [-0.3, -0.25) is 0 Å². The Balaban J connectivity index is 2.22. The molecule has 0 bridgehead atoms. The highest BCUT2D eigenvalue weighted by Gasteiger charge is 2.19. The van der Waals surface area contributed by atoms with Crippen molar-refractivity contribution in [2.24, 2.45) is 5.92 Å². The first kappa shape index (κ1) is 9.54. The monoisotopic (exact) mass is 166 g/mol. The zero-order valence-corrected chi connectivity index (χ0v) is 7.84. The molecule has 0 aromatic rings. The first-order valence-electron chi connectivity index (χ1n) is 4.97.